The number of amidine groups is 1. The van der Waals surface area contributed by atoms with Gasteiger partial charge in [-0.15, -0.1) is 0 Å². The van der Waals surface area contributed by atoms with Gasteiger partial charge in [0.25, 0.3) is 10.0 Å². The Morgan fingerprint density at radius 2 is 1.76 bits per heavy atom. The number of amides is 1. The highest BCUT2D eigenvalue weighted by Gasteiger charge is 2.32. The Balaban J connectivity index is 1.39. The molecule has 2 aromatic carbocycles. The molecule has 1 saturated heterocycles. The van der Waals surface area contributed by atoms with Gasteiger partial charge in [0.05, 0.1) is 31.1 Å². The first-order valence-corrected chi connectivity index (χ1v) is 11.3. The molecule has 1 atom stereocenters. The predicted molar refractivity (Wildman–Crippen MR) is 110 cm³/mol. The molecule has 1 fully saturated rings. The number of nitrogens with zero attached hydrogens (tertiary/aromatic N) is 2. The molecule has 1 amide bonds. The van der Waals surface area contributed by atoms with Gasteiger partial charge in [-0.3, -0.25) is 14.5 Å². The largest absolute Gasteiger partial charge is 0.330 e. The number of benzene rings is 2. The van der Waals surface area contributed by atoms with E-state index in [2.05, 4.69) is 21.8 Å². The van der Waals surface area contributed by atoms with E-state index in [1.54, 1.807) is 31.2 Å². The van der Waals surface area contributed by atoms with Crippen LogP contribution in [-0.2, 0) is 21.4 Å². The fourth-order valence-electron chi connectivity index (χ4n) is 3.85. The number of piperazine rings is 1. The second-order valence-corrected chi connectivity index (χ2v) is 9.14. The summed E-state index contributed by atoms with van der Waals surface area (Å²) in [5.74, 6) is 0.176. The summed E-state index contributed by atoms with van der Waals surface area (Å²) in [5, 5.41) is 0. The van der Waals surface area contributed by atoms with Gasteiger partial charge in [-0.2, -0.15) is 0 Å². The molecule has 0 spiro atoms. The molecule has 29 heavy (non-hydrogen) atoms. The molecule has 2 heterocycles. The van der Waals surface area contributed by atoms with E-state index in [0.717, 1.165) is 19.6 Å². The second kappa shape index (κ2) is 7.96. The van der Waals surface area contributed by atoms with Gasteiger partial charge >= 0.3 is 0 Å². The van der Waals surface area contributed by atoms with Crippen LogP contribution >= 0.6 is 0 Å². The topological polar surface area (TPSA) is 83.3 Å². The van der Waals surface area contributed by atoms with E-state index < -0.39 is 16.1 Å². The molecule has 7 nitrogen and oxygen atoms in total. The minimum absolute atomic E-state index is 0.0696. The van der Waals surface area contributed by atoms with Crippen molar-refractivity contribution in [3.63, 3.8) is 0 Å². The van der Waals surface area contributed by atoms with Crippen molar-refractivity contribution in [1.82, 2.24) is 9.62 Å². The first-order chi connectivity index (χ1) is 13.9. The Bertz CT molecular complexity index is 1030. The monoisotopic (exact) mass is 413 g/mol. The standard InChI is InChI=1S/C21H24N4O3S/c1-16(22-20-18-9-5-6-10-19(18)29(27,28)23-20)21(26)25-13-11-24(12-14-25)15-17-7-3-2-4-8-17/h2-10,16H,11-15H2,1H3,(H,22,23)/p+1/t16-/m0/s1. The number of carbonyl (C=O) groups is 1. The zero-order valence-corrected chi connectivity index (χ0v) is 17.2. The van der Waals surface area contributed by atoms with E-state index >= 15 is 0 Å². The van der Waals surface area contributed by atoms with E-state index in [0.29, 0.717) is 18.7 Å². The van der Waals surface area contributed by atoms with Gasteiger partial charge in [-0.25, -0.2) is 8.42 Å². The number of quaternary nitrogens is 1. The quantitative estimate of drug-likeness (QED) is 0.743. The zero-order chi connectivity index (χ0) is 20.4. The SMILES string of the molecule is C[C@H](N=C1NS(=O)(=O)c2ccccc21)C(=O)N1CC[NH+](Cc2ccccc2)CC1. The lowest BCUT2D eigenvalue weighted by Gasteiger charge is -2.33. The Kier molecular flexibility index (Phi) is 5.38. The summed E-state index contributed by atoms with van der Waals surface area (Å²) in [6, 6.07) is 16.4. The normalized spacial score (nSPS) is 20.9. The number of fused-ring (bicyclic) bond motifs is 1. The smallest absolute Gasteiger partial charge is 0.263 e. The minimum Gasteiger partial charge on any atom is -0.330 e. The molecule has 0 bridgehead atoms. The van der Waals surface area contributed by atoms with Crippen molar-refractivity contribution in [2.45, 2.75) is 24.4 Å². The van der Waals surface area contributed by atoms with E-state index in [4.69, 9.17) is 0 Å². The Morgan fingerprint density at radius 3 is 2.48 bits per heavy atom. The number of hydrogen-bond donors (Lipinski definition) is 2. The molecular weight excluding hydrogens is 388 g/mol. The zero-order valence-electron chi connectivity index (χ0n) is 16.3. The summed E-state index contributed by atoms with van der Waals surface area (Å²) < 4.78 is 26.9. The number of carbonyl (C=O) groups excluding carboxylic acids is 1. The van der Waals surface area contributed by atoms with Crippen LogP contribution in [0.25, 0.3) is 0 Å². The highest BCUT2D eigenvalue weighted by Crippen LogP contribution is 2.22. The number of aliphatic imine (C=N–C) groups is 1. The Hall–Kier alpha value is -2.71. The molecule has 2 aliphatic heterocycles. The van der Waals surface area contributed by atoms with Gasteiger partial charge in [0.15, 0.2) is 0 Å². The van der Waals surface area contributed by atoms with E-state index in [-0.39, 0.29) is 16.6 Å². The maximum atomic E-state index is 12.9. The van der Waals surface area contributed by atoms with Gasteiger partial charge in [0, 0.05) is 11.1 Å². The molecule has 0 radical (unpaired) electrons. The second-order valence-electron chi connectivity index (χ2n) is 7.49. The summed E-state index contributed by atoms with van der Waals surface area (Å²) in [6.45, 7) is 5.81. The lowest BCUT2D eigenvalue weighted by atomic mass is 10.2. The summed E-state index contributed by atoms with van der Waals surface area (Å²) in [4.78, 5) is 20.8. The molecule has 152 valence electrons. The van der Waals surface area contributed by atoms with Crippen LogP contribution in [0.4, 0.5) is 0 Å². The van der Waals surface area contributed by atoms with Crippen LogP contribution in [0.2, 0.25) is 0 Å². The summed E-state index contributed by atoms with van der Waals surface area (Å²) in [5.41, 5.74) is 1.82. The van der Waals surface area contributed by atoms with Crippen molar-refractivity contribution in [2.24, 2.45) is 4.99 Å². The molecule has 2 N–H and O–H groups in total. The van der Waals surface area contributed by atoms with Crippen LogP contribution in [-0.4, -0.2) is 57.3 Å². The van der Waals surface area contributed by atoms with Gasteiger partial charge < -0.3 is 9.80 Å². The average molecular weight is 414 g/mol. The summed E-state index contributed by atoms with van der Waals surface area (Å²) in [6.07, 6.45) is 0. The van der Waals surface area contributed by atoms with E-state index in [1.165, 1.54) is 10.5 Å². The van der Waals surface area contributed by atoms with Crippen LogP contribution in [0.15, 0.2) is 64.5 Å². The van der Waals surface area contributed by atoms with Crippen molar-refractivity contribution in [1.29, 1.82) is 0 Å². The van der Waals surface area contributed by atoms with Gasteiger partial charge in [0.1, 0.15) is 18.4 Å². The molecular formula is C21H25N4O3S+. The first-order valence-electron chi connectivity index (χ1n) is 9.80. The third-order valence-corrected chi connectivity index (χ3v) is 6.82. The van der Waals surface area contributed by atoms with Crippen molar-refractivity contribution in [2.75, 3.05) is 26.2 Å². The van der Waals surface area contributed by atoms with Gasteiger partial charge in [-0.05, 0) is 19.1 Å². The molecule has 2 aromatic rings. The van der Waals surface area contributed by atoms with Crippen LogP contribution in [0.3, 0.4) is 0 Å². The predicted octanol–water partition coefficient (Wildman–Crippen LogP) is 0.0409. The van der Waals surface area contributed by atoms with Crippen molar-refractivity contribution in [3.8, 4) is 0 Å². The summed E-state index contributed by atoms with van der Waals surface area (Å²) in [7, 11) is -3.60. The fraction of sp³-hybridized carbons (Fsp3) is 0.333. The molecule has 0 unspecified atom stereocenters. The highest BCUT2D eigenvalue weighted by molar-refractivity contribution is 7.90. The van der Waals surface area contributed by atoms with Crippen LogP contribution < -0.4 is 9.62 Å². The highest BCUT2D eigenvalue weighted by atomic mass is 32.2. The number of nitrogens with one attached hydrogen (secondary N) is 2. The van der Waals surface area contributed by atoms with Crippen molar-refractivity contribution in [3.05, 3.63) is 65.7 Å². The molecule has 0 aromatic heterocycles. The molecule has 0 aliphatic carbocycles. The average Bonchev–Trinajstić information content (AvgIpc) is 2.99. The summed E-state index contributed by atoms with van der Waals surface area (Å²) >= 11 is 0. The van der Waals surface area contributed by atoms with Crippen molar-refractivity contribution < 1.29 is 18.1 Å². The van der Waals surface area contributed by atoms with Crippen LogP contribution in [0.5, 0.6) is 0 Å². The Morgan fingerprint density at radius 1 is 1.10 bits per heavy atom. The van der Waals surface area contributed by atoms with Gasteiger partial charge in [-0.1, -0.05) is 42.5 Å². The molecule has 4 rings (SSSR count). The van der Waals surface area contributed by atoms with Crippen LogP contribution in [0, 0.1) is 0 Å². The maximum absolute atomic E-state index is 12.9. The molecule has 2 aliphatic rings. The molecule has 0 saturated carbocycles. The lowest BCUT2D eigenvalue weighted by molar-refractivity contribution is -0.917. The third kappa shape index (κ3) is 4.18. The lowest BCUT2D eigenvalue weighted by Crippen LogP contribution is -3.13. The van der Waals surface area contributed by atoms with Crippen LogP contribution in [0.1, 0.15) is 18.1 Å². The van der Waals surface area contributed by atoms with E-state index in [1.807, 2.05) is 23.1 Å². The number of hydrogen-bond acceptors (Lipinski definition) is 4. The minimum atomic E-state index is -3.60. The maximum Gasteiger partial charge on any atom is 0.263 e. The third-order valence-electron chi connectivity index (χ3n) is 5.42. The van der Waals surface area contributed by atoms with Crippen molar-refractivity contribution >= 4 is 21.8 Å². The van der Waals surface area contributed by atoms with Gasteiger partial charge in [0.2, 0.25) is 5.91 Å². The van der Waals surface area contributed by atoms with E-state index in [9.17, 15) is 13.2 Å². The first kappa shape index (κ1) is 19.6. The number of rotatable bonds is 4. The fourth-order valence-corrected chi connectivity index (χ4v) is 5.09. The Labute approximate surface area is 171 Å². The molecule has 8 heteroatoms. The number of sulfonamides is 1.